The fourth-order valence-corrected chi connectivity index (χ4v) is 7.75. The Morgan fingerprint density at radius 3 is 2.58 bits per heavy atom. The van der Waals surface area contributed by atoms with Crippen molar-refractivity contribution in [2.45, 2.75) is 77.7 Å². The van der Waals surface area contributed by atoms with Crippen LogP contribution in [0.25, 0.3) is 0 Å². The number of halogens is 1. The minimum atomic E-state index is -1.09. The van der Waals surface area contributed by atoms with E-state index in [-0.39, 0.29) is 43.4 Å². The molecule has 6 unspecified atom stereocenters. The third-order valence-electron chi connectivity index (χ3n) is 9.40. The standard InChI is InChI=1S/C30H43IN2O7/c1-5-26(36)33(15-18-6-7-20-14-21(18)30(20,2)3)23-12-19(29(38)32-8-9-34)13-24(27(23)37)40-28-22(31)10-17(16-35)11-25(28)39-4/h10-11,13,18,20-21,23-24,27,34-35,37H,5-9,12,14-16H2,1-4H3,(H,32,38). The van der Waals surface area contributed by atoms with E-state index >= 15 is 0 Å². The maximum Gasteiger partial charge on any atom is 0.247 e. The van der Waals surface area contributed by atoms with Gasteiger partial charge in [0.2, 0.25) is 11.8 Å². The van der Waals surface area contributed by atoms with E-state index in [0.717, 1.165) is 18.8 Å². The topological polar surface area (TPSA) is 129 Å². The van der Waals surface area contributed by atoms with Gasteiger partial charge in [-0.1, -0.05) is 20.8 Å². The first-order chi connectivity index (χ1) is 19.0. The predicted molar refractivity (Wildman–Crippen MR) is 159 cm³/mol. The van der Waals surface area contributed by atoms with E-state index in [1.807, 2.05) is 6.92 Å². The summed E-state index contributed by atoms with van der Waals surface area (Å²) in [5.74, 6) is 1.98. The number of amides is 2. The lowest BCUT2D eigenvalue weighted by Gasteiger charge is -2.61. The summed E-state index contributed by atoms with van der Waals surface area (Å²) >= 11 is 2.09. The Hall–Kier alpha value is -1.89. The minimum absolute atomic E-state index is 0.0569. The van der Waals surface area contributed by atoms with Gasteiger partial charge in [-0.2, -0.15) is 0 Å². The highest BCUT2D eigenvalue weighted by Crippen LogP contribution is 2.61. The van der Waals surface area contributed by atoms with Crippen molar-refractivity contribution >= 4 is 34.4 Å². The maximum absolute atomic E-state index is 13.4. The molecule has 3 fully saturated rings. The molecule has 2 amide bonds. The lowest BCUT2D eigenvalue weighted by Crippen LogP contribution is -2.59. The van der Waals surface area contributed by atoms with Crippen LogP contribution >= 0.6 is 22.6 Å². The number of fused-ring (bicyclic) bond motifs is 2. The second-order valence-corrected chi connectivity index (χ2v) is 13.0. The largest absolute Gasteiger partial charge is 0.493 e. The number of hydrogen-bond acceptors (Lipinski definition) is 7. The van der Waals surface area contributed by atoms with Gasteiger partial charge >= 0.3 is 0 Å². The summed E-state index contributed by atoms with van der Waals surface area (Å²) in [5.41, 5.74) is 1.31. The second kappa shape index (κ2) is 13.0. The summed E-state index contributed by atoms with van der Waals surface area (Å²) in [6.07, 6.45) is 3.46. The van der Waals surface area contributed by atoms with Gasteiger partial charge in [-0.25, -0.2) is 0 Å². The number of carbonyl (C=O) groups is 2. The lowest BCUT2D eigenvalue weighted by molar-refractivity contribution is -0.147. The van der Waals surface area contributed by atoms with Crippen molar-refractivity contribution in [3.63, 3.8) is 0 Å². The molecular weight excluding hydrogens is 627 g/mol. The van der Waals surface area contributed by atoms with Crippen LogP contribution in [0.2, 0.25) is 0 Å². The summed E-state index contributed by atoms with van der Waals surface area (Å²) in [6.45, 7) is 6.75. The molecule has 2 bridgehead atoms. The monoisotopic (exact) mass is 670 g/mol. The number of aliphatic hydroxyl groups is 3. The fourth-order valence-electron chi connectivity index (χ4n) is 6.95. The van der Waals surface area contributed by atoms with Gasteiger partial charge in [0.1, 0.15) is 12.2 Å². The Kier molecular flexibility index (Phi) is 10.1. The van der Waals surface area contributed by atoms with Crippen LogP contribution < -0.4 is 14.8 Å². The molecule has 0 saturated heterocycles. The van der Waals surface area contributed by atoms with Crippen LogP contribution in [-0.4, -0.2) is 77.1 Å². The highest BCUT2D eigenvalue weighted by molar-refractivity contribution is 14.1. The first kappa shape index (κ1) is 31.1. The smallest absolute Gasteiger partial charge is 0.247 e. The second-order valence-electron chi connectivity index (χ2n) is 11.9. The van der Waals surface area contributed by atoms with Gasteiger partial charge in [0.05, 0.1) is 29.9 Å². The van der Waals surface area contributed by atoms with E-state index in [0.29, 0.717) is 51.0 Å². The van der Waals surface area contributed by atoms with Gasteiger partial charge in [0, 0.05) is 31.5 Å². The Balaban J connectivity index is 1.67. The highest BCUT2D eigenvalue weighted by Gasteiger charge is 2.55. The lowest BCUT2D eigenvalue weighted by atomic mass is 9.45. The van der Waals surface area contributed by atoms with E-state index in [4.69, 9.17) is 9.47 Å². The quantitative estimate of drug-likeness (QED) is 0.267. The van der Waals surface area contributed by atoms with Crippen molar-refractivity contribution < 1.29 is 34.4 Å². The van der Waals surface area contributed by atoms with Gasteiger partial charge in [-0.15, -0.1) is 0 Å². The Bertz CT molecular complexity index is 1120. The molecule has 9 nitrogen and oxygen atoms in total. The van der Waals surface area contributed by atoms with Crippen LogP contribution in [-0.2, 0) is 16.2 Å². The summed E-state index contributed by atoms with van der Waals surface area (Å²) in [7, 11) is 1.50. The maximum atomic E-state index is 13.4. The van der Waals surface area contributed by atoms with E-state index in [1.54, 1.807) is 23.1 Å². The molecule has 0 heterocycles. The van der Waals surface area contributed by atoms with Gasteiger partial charge in [0.25, 0.3) is 0 Å². The van der Waals surface area contributed by atoms with E-state index in [2.05, 4.69) is 41.8 Å². The Morgan fingerprint density at radius 1 is 1.23 bits per heavy atom. The predicted octanol–water partition coefficient (Wildman–Crippen LogP) is 3.02. The number of methoxy groups -OCH3 is 1. The van der Waals surface area contributed by atoms with Crippen LogP contribution in [0.3, 0.4) is 0 Å². The van der Waals surface area contributed by atoms with Gasteiger partial charge < -0.3 is 35.0 Å². The van der Waals surface area contributed by atoms with Crippen LogP contribution in [0, 0.1) is 26.7 Å². The third-order valence-corrected chi connectivity index (χ3v) is 10.2. The Morgan fingerprint density at radius 2 is 1.98 bits per heavy atom. The number of aliphatic hydroxyl groups excluding tert-OH is 3. The molecule has 6 atom stereocenters. The third kappa shape index (κ3) is 6.15. The number of benzene rings is 1. The summed E-state index contributed by atoms with van der Waals surface area (Å²) in [6, 6.07) is 2.79. The van der Waals surface area contributed by atoms with Crippen LogP contribution in [0.1, 0.15) is 58.4 Å². The molecule has 5 rings (SSSR count). The number of nitrogens with one attached hydrogen (secondary N) is 1. The SMILES string of the molecule is CCC(=O)N(CC1CCC2CC1C2(C)C)C1CC(C(=O)NCCO)=CC(Oc2c(I)cc(CO)cc2OC)C1O. The van der Waals surface area contributed by atoms with Crippen molar-refractivity contribution in [1.82, 2.24) is 10.2 Å². The first-order valence-electron chi connectivity index (χ1n) is 14.3. The van der Waals surface area contributed by atoms with E-state index in [1.165, 1.54) is 13.5 Å². The molecule has 4 N–H and O–H groups in total. The zero-order chi connectivity index (χ0) is 29.2. The highest BCUT2D eigenvalue weighted by atomic mass is 127. The molecule has 222 valence electrons. The molecule has 0 aromatic heterocycles. The molecule has 4 aliphatic rings. The fraction of sp³-hybridized carbons (Fsp3) is 0.667. The summed E-state index contributed by atoms with van der Waals surface area (Å²) in [5, 5.41) is 33.3. The molecule has 0 aliphatic heterocycles. The minimum Gasteiger partial charge on any atom is -0.493 e. The van der Waals surface area contributed by atoms with Gasteiger partial charge in [-0.3, -0.25) is 9.59 Å². The van der Waals surface area contributed by atoms with Crippen LogP contribution in [0.15, 0.2) is 23.8 Å². The Labute approximate surface area is 250 Å². The zero-order valence-corrected chi connectivity index (χ0v) is 26.0. The molecule has 1 aromatic rings. The first-order valence-corrected chi connectivity index (χ1v) is 15.3. The number of ether oxygens (including phenoxy) is 2. The van der Waals surface area contributed by atoms with Gasteiger partial charge in [-0.05, 0) is 88.8 Å². The van der Waals surface area contributed by atoms with E-state index < -0.39 is 18.2 Å². The molecular formula is C30H43IN2O7. The molecule has 4 aliphatic carbocycles. The molecule has 1 aromatic carbocycles. The number of carbonyl (C=O) groups excluding carboxylic acids is 2. The van der Waals surface area contributed by atoms with Crippen LogP contribution in [0.4, 0.5) is 0 Å². The molecule has 10 heteroatoms. The van der Waals surface area contributed by atoms with Crippen LogP contribution in [0.5, 0.6) is 11.5 Å². The van der Waals surface area contributed by atoms with E-state index in [9.17, 15) is 24.9 Å². The van der Waals surface area contributed by atoms with Gasteiger partial charge in [0.15, 0.2) is 11.5 Å². The normalized spacial score (nSPS) is 28.6. The van der Waals surface area contributed by atoms with Crippen molar-refractivity contribution in [3.05, 3.63) is 32.9 Å². The average Bonchev–Trinajstić information content (AvgIpc) is 2.95. The number of hydrogen-bond donors (Lipinski definition) is 4. The summed E-state index contributed by atoms with van der Waals surface area (Å²) in [4.78, 5) is 28.3. The van der Waals surface area contributed by atoms with Crippen molar-refractivity contribution in [1.29, 1.82) is 0 Å². The molecule has 0 spiro atoms. The number of nitrogens with zero attached hydrogens (tertiary/aromatic N) is 1. The van der Waals surface area contributed by atoms with Crippen molar-refractivity contribution in [3.8, 4) is 11.5 Å². The molecule has 40 heavy (non-hydrogen) atoms. The van der Waals surface area contributed by atoms with Crippen molar-refractivity contribution in [2.24, 2.45) is 23.2 Å². The summed E-state index contributed by atoms with van der Waals surface area (Å²) < 4.78 is 12.5. The molecule has 3 saturated carbocycles. The number of rotatable bonds is 11. The van der Waals surface area contributed by atoms with Crippen molar-refractivity contribution in [2.75, 3.05) is 26.8 Å². The zero-order valence-electron chi connectivity index (χ0n) is 23.9. The molecule has 0 radical (unpaired) electrons. The average molecular weight is 671 g/mol.